The summed E-state index contributed by atoms with van der Waals surface area (Å²) in [6, 6.07) is 7.41. The summed E-state index contributed by atoms with van der Waals surface area (Å²) in [4.78, 5) is 14.7. The van der Waals surface area contributed by atoms with Crippen molar-refractivity contribution < 1.29 is 14.3 Å². The molecule has 0 saturated carbocycles. The minimum absolute atomic E-state index is 0.152. The molecule has 0 unspecified atom stereocenters. The molecule has 24 heavy (non-hydrogen) atoms. The van der Waals surface area contributed by atoms with Crippen molar-refractivity contribution in [2.45, 2.75) is 32.2 Å². The molecular weight excluding hydrogens is 306 g/mol. The minimum atomic E-state index is -0.836. The average molecular weight is 335 g/mol. The molecule has 1 aliphatic rings. The van der Waals surface area contributed by atoms with Crippen LogP contribution in [-0.2, 0) is 9.53 Å². The summed E-state index contributed by atoms with van der Waals surface area (Å²) >= 11 is 0. The van der Waals surface area contributed by atoms with Crippen LogP contribution in [0.2, 0.25) is 0 Å². The van der Waals surface area contributed by atoms with Gasteiger partial charge >= 0.3 is 0 Å². The van der Waals surface area contributed by atoms with Crippen LogP contribution >= 0.6 is 0 Å². The second kappa shape index (κ2) is 9.01. The van der Waals surface area contributed by atoms with Gasteiger partial charge in [-0.2, -0.15) is 0 Å². The maximum absolute atomic E-state index is 12.4. The molecule has 1 aromatic carbocycles. The molecule has 1 aliphatic heterocycles. The number of benzene rings is 1. The summed E-state index contributed by atoms with van der Waals surface area (Å²) in [5, 5.41) is 2.89. The zero-order valence-corrected chi connectivity index (χ0v) is 14.7. The smallest absolute Gasteiger partial charge is 0.244 e. The molecule has 3 N–H and O–H groups in total. The second-order valence-electron chi connectivity index (χ2n) is 6.12. The molecule has 1 aromatic rings. The fourth-order valence-corrected chi connectivity index (χ4v) is 2.69. The predicted octanol–water partition coefficient (Wildman–Crippen LogP) is 1.85. The molecule has 0 radical (unpaired) electrons. The Morgan fingerprint density at radius 2 is 1.88 bits per heavy atom. The Hall–Kier alpha value is -1.63. The number of hydrogen-bond donors (Lipinski definition) is 2. The Morgan fingerprint density at radius 3 is 2.46 bits per heavy atom. The topological polar surface area (TPSA) is 76.8 Å². The number of nitrogens with two attached hydrogens (primary N) is 1. The van der Waals surface area contributed by atoms with Gasteiger partial charge in [0.15, 0.2) is 0 Å². The van der Waals surface area contributed by atoms with Gasteiger partial charge in [-0.25, -0.2) is 0 Å². The first kappa shape index (κ1) is 18.7. The van der Waals surface area contributed by atoms with E-state index < -0.39 is 5.54 Å². The van der Waals surface area contributed by atoms with Crippen molar-refractivity contribution in [1.82, 2.24) is 4.90 Å². The Labute approximate surface area is 144 Å². The fraction of sp³-hybridized carbons (Fsp3) is 0.611. The van der Waals surface area contributed by atoms with Gasteiger partial charge in [0, 0.05) is 25.4 Å². The number of carbonyl (C=O) groups is 1. The average Bonchev–Trinajstić information content (AvgIpc) is 2.61. The third-order valence-corrected chi connectivity index (χ3v) is 4.52. The molecule has 1 heterocycles. The Kier molecular flexibility index (Phi) is 7.02. The molecule has 134 valence electrons. The Bertz CT molecular complexity index is 509. The fourth-order valence-electron chi connectivity index (χ4n) is 2.69. The van der Waals surface area contributed by atoms with Crippen molar-refractivity contribution in [2.24, 2.45) is 5.73 Å². The highest BCUT2D eigenvalue weighted by Crippen LogP contribution is 2.21. The third-order valence-electron chi connectivity index (χ3n) is 4.52. The lowest BCUT2D eigenvalue weighted by molar-refractivity contribution is -0.124. The predicted molar refractivity (Wildman–Crippen MR) is 95.3 cm³/mol. The first-order valence-corrected chi connectivity index (χ1v) is 8.70. The molecular formula is C18H29N3O3. The van der Waals surface area contributed by atoms with E-state index in [1.165, 1.54) is 0 Å². The molecule has 6 nitrogen and oxygen atoms in total. The summed E-state index contributed by atoms with van der Waals surface area (Å²) in [5.41, 5.74) is 6.07. The van der Waals surface area contributed by atoms with E-state index in [-0.39, 0.29) is 5.91 Å². The number of hydrogen-bond acceptors (Lipinski definition) is 5. The van der Waals surface area contributed by atoms with E-state index in [4.69, 9.17) is 15.2 Å². The van der Waals surface area contributed by atoms with Crippen molar-refractivity contribution in [3.05, 3.63) is 24.3 Å². The highest BCUT2D eigenvalue weighted by atomic mass is 16.5. The molecule has 6 heteroatoms. The van der Waals surface area contributed by atoms with E-state index >= 15 is 0 Å². The second-order valence-corrected chi connectivity index (χ2v) is 6.12. The number of ether oxygens (including phenoxy) is 2. The molecule has 0 bridgehead atoms. The molecule has 1 amide bonds. The minimum Gasteiger partial charge on any atom is -0.492 e. The van der Waals surface area contributed by atoms with Gasteiger partial charge in [-0.1, -0.05) is 13.8 Å². The lowest BCUT2D eigenvalue weighted by atomic mass is 9.90. The van der Waals surface area contributed by atoms with Crippen LogP contribution in [0, 0.1) is 0 Å². The maximum atomic E-state index is 12.4. The number of nitrogens with one attached hydrogen (secondary N) is 1. The van der Waals surface area contributed by atoms with E-state index in [0.29, 0.717) is 32.7 Å². The van der Waals surface area contributed by atoms with E-state index in [9.17, 15) is 4.79 Å². The van der Waals surface area contributed by atoms with E-state index in [1.807, 2.05) is 24.3 Å². The van der Waals surface area contributed by atoms with Gasteiger partial charge in [-0.15, -0.1) is 0 Å². The first-order valence-electron chi connectivity index (χ1n) is 8.70. The van der Waals surface area contributed by atoms with Crippen molar-refractivity contribution >= 4 is 11.6 Å². The van der Waals surface area contributed by atoms with Gasteiger partial charge in [0.2, 0.25) is 5.91 Å². The summed E-state index contributed by atoms with van der Waals surface area (Å²) in [6.45, 7) is 8.95. The highest BCUT2D eigenvalue weighted by molar-refractivity contribution is 5.98. The largest absolute Gasteiger partial charge is 0.492 e. The first-order chi connectivity index (χ1) is 11.6. The van der Waals surface area contributed by atoms with Gasteiger partial charge in [0.25, 0.3) is 0 Å². The van der Waals surface area contributed by atoms with Gasteiger partial charge in [-0.3, -0.25) is 4.79 Å². The summed E-state index contributed by atoms with van der Waals surface area (Å²) < 4.78 is 11.0. The van der Waals surface area contributed by atoms with Crippen LogP contribution in [0.3, 0.4) is 0 Å². The van der Waals surface area contributed by atoms with Crippen LogP contribution in [0.4, 0.5) is 5.69 Å². The standard InChI is InChI=1S/C18H29N3O3/c1-3-21(4-2)11-14-24-16-7-5-15(6-8-16)20-17(22)18(19)9-12-23-13-10-18/h5-8H,3-4,9-14,19H2,1-2H3,(H,20,22). The van der Waals surface area contributed by atoms with Crippen LogP contribution in [-0.4, -0.2) is 55.8 Å². The van der Waals surface area contributed by atoms with Crippen LogP contribution in [0.5, 0.6) is 5.75 Å². The normalized spacial score (nSPS) is 16.8. The number of amides is 1. The van der Waals surface area contributed by atoms with E-state index in [0.717, 1.165) is 31.1 Å². The molecule has 1 saturated heterocycles. The number of likely N-dealkylation sites (N-methyl/N-ethyl adjacent to an activating group) is 1. The highest BCUT2D eigenvalue weighted by Gasteiger charge is 2.35. The van der Waals surface area contributed by atoms with Crippen LogP contribution in [0.25, 0.3) is 0 Å². The monoisotopic (exact) mass is 335 g/mol. The van der Waals surface area contributed by atoms with Crippen molar-refractivity contribution in [2.75, 3.05) is 44.8 Å². The Balaban J connectivity index is 1.82. The summed E-state index contributed by atoms with van der Waals surface area (Å²) in [6.07, 6.45) is 1.09. The number of anilines is 1. The van der Waals surface area contributed by atoms with E-state index in [2.05, 4.69) is 24.1 Å². The molecule has 0 atom stereocenters. The van der Waals surface area contributed by atoms with Gasteiger partial charge in [0.1, 0.15) is 17.9 Å². The van der Waals surface area contributed by atoms with Crippen LogP contribution in [0.1, 0.15) is 26.7 Å². The van der Waals surface area contributed by atoms with Crippen molar-refractivity contribution in [1.29, 1.82) is 0 Å². The lowest BCUT2D eigenvalue weighted by Gasteiger charge is -2.31. The summed E-state index contributed by atoms with van der Waals surface area (Å²) in [5.74, 6) is 0.648. The zero-order valence-electron chi connectivity index (χ0n) is 14.7. The quantitative estimate of drug-likeness (QED) is 0.758. The molecule has 0 spiro atoms. The number of rotatable bonds is 8. The third kappa shape index (κ3) is 5.19. The lowest BCUT2D eigenvalue weighted by Crippen LogP contribution is -2.54. The molecule has 2 rings (SSSR count). The molecule has 0 aliphatic carbocycles. The maximum Gasteiger partial charge on any atom is 0.244 e. The number of carbonyl (C=O) groups excluding carboxylic acids is 1. The van der Waals surface area contributed by atoms with Gasteiger partial charge < -0.3 is 25.4 Å². The zero-order chi connectivity index (χ0) is 17.4. The Morgan fingerprint density at radius 1 is 1.25 bits per heavy atom. The van der Waals surface area contributed by atoms with Crippen LogP contribution in [0.15, 0.2) is 24.3 Å². The van der Waals surface area contributed by atoms with E-state index in [1.54, 1.807) is 0 Å². The molecule has 1 fully saturated rings. The van der Waals surface area contributed by atoms with Gasteiger partial charge in [0.05, 0.1) is 0 Å². The SMILES string of the molecule is CCN(CC)CCOc1ccc(NC(=O)C2(N)CCOCC2)cc1. The summed E-state index contributed by atoms with van der Waals surface area (Å²) in [7, 11) is 0. The number of nitrogens with zero attached hydrogens (tertiary/aromatic N) is 1. The molecule has 0 aromatic heterocycles. The van der Waals surface area contributed by atoms with Gasteiger partial charge in [-0.05, 0) is 50.2 Å². The van der Waals surface area contributed by atoms with Crippen molar-refractivity contribution in [3.8, 4) is 5.75 Å². The van der Waals surface area contributed by atoms with Crippen molar-refractivity contribution in [3.63, 3.8) is 0 Å². The van der Waals surface area contributed by atoms with Crippen LogP contribution < -0.4 is 15.8 Å².